The molecule has 1 aromatic carbocycles. The van der Waals surface area contributed by atoms with Gasteiger partial charge in [-0.2, -0.15) is 0 Å². The monoisotopic (exact) mass is 347 g/mol. The second-order valence-electron chi connectivity index (χ2n) is 5.95. The molecule has 1 fully saturated rings. The summed E-state index contributed by atoms with van der Waals surface area (Å²) in [7, 11) is 1.60. The summed E-state index contributed by atoms with van der Waals surface area (Å²) in [6, 6.07) is 7.47. The normalized spacial score (nSPS) is 17.8. The molecule has 1 aromatic heterocycles. The van der Waals surface area contributed by atoms with E-state index in [9.17, 15) is 4.79 Å². The van der Waals surface area contributed by atoms with Gasteiger partial charge in [0.2, 0.25) is 5.91 Å². The summed E-state index contributed by atoms with van der Waals surface area (Å²) in [4.78, 5) is 14.2. The molecule has 0 bridgehead atoms. The Kier molecular flexibility index (Phi) is 5.40. The predicted molar refractivity (Wildman–Crippen MR) is 92.0 cm³/mol. The van der Waals surface area contributed by atoms with Gasteiger partial charge in [-0.1, -0.05) is 30.8 Å². The molecule has 2 aromatic rings. The van der Waals surface area contributed by atoms with Gasteiger partial charge in [-0.15, -0.1) is 10.2 Å². The topological polar surface area (TPSA) is 68.5 Å². The van der Waals surface area contributed by atoms with Gasteiger partial charge in [0.15, 0.2) is 0 Å². The number of thioether (sulfide) groups is 1. The quantitative estimate of drug-likeness (QED) is 0.774. The number of para-hydroxylation sites is 1. The lowest BCUT2D eigenvalue weighted by atomic mass is 10.0. The second kappa shape index (κ2) is 7.70. The second-order valence-corrected chi connectivity index (χ2v) is 6.88. The molecular formula is C17H21N3O3S. The molecule has 1 aliphatic rings. The number of hydrogen-bond donors (Lipinski definition) is 0. The summed E-state index contributed by atoms with van der Waals surface area (Å²) in [5.41, 5.74) is 0.746. The van der Waals surface area contributed by atoms with E-state index in [1.807, 2.05) is 29.2 Å². The van der Waals surface area contributed by atoms with E-state index in [1.54, 1.807) is 7.11 Å². The number of hydrogen-bond acceptors (Lipinski definition) is 6. The van der Waals surface area contributed by atoms with E-state index < -0.39 is 0 Å². The molecule has 0 radical (unpaired) electrons. The lowest BCUT2D eigenvalue weighted by Gasteiger charge is -2.30. The van der Waals surface area contributed by atoms with Crippen LogP contribution < -0.4 is 4.74 Å². The number of likely N-dealkylation sites (tertiary alicyclic amines) is 1. The van der Waals surface area contributed by atoms with Crippen LogP contribution in [0.2, 0.25) is 0 Å². The maximum absolute atomic E-state index is 12.3. The van der Waals surface area contributed by atoms with Gasteiger partial charge >= 0.3 is 0 Å². The van der Waals surface area contributed by atoms with Crippen LogP contribution in [-0.4, -0.2) is 47.0 Å². The van der Waals surface area contributed by atoms with Crippen LogP contribution in [0.4, 0.5) is 0 Å². The van der Waals surface area contributed by atoms with Crippen LogP contribution in [0.15, 0.2) is 33.9 Å². The zero-order valence-electron chi connectivity index (χ0n) is 13.9. The van der Waals surface area contributed by atoms with Crippen molar-refractivity contribution < 1.29 is 13.9 Å². The van der Waals surface area contributed by atoms with Crippen LogP contribution >= 0.6 is 11.8 Å². The first-order chi connectivity index (χ1) is 11.7. The van der Waals surface area contributed by atoms with Gasteiger partial charge in [0, 0.05) is 13.1 Å². The molecule has 0 aliphatic carbocycles. The third-order valence-corrected chi connectivity index (χ3v) is 4.88. The standard InChI is InChI=1S/C17H21N3O3S/c1-12-6-5-9-20(10-12)15(21)11-24-17-19-18-16(23-17)13-7-3-4-8-14(13)22-2/h3-4,7-8,12H,5-6,9-11H2,1-2H3. The highest BCUT2D eigenvalue weighted by molar-refractivity contribution is 7.99. The predicted octanol–water partition coefficient (Wildman–Crippen LogP) is 3.10. The average molecular weight is 347 g/mol. The number of methoxy groups -OCH3 is 1. The SMILES string of the molecule is COc1ccccc1-c1nnc(SCC(=O)N2CCCC(C)C2)o1. The van der Waals surface area contributed by atoms with Crippen molar-refractivity contribution >= 4 is 17.7 Å². The third-order valence-electron chi connectivity index (χ3n) is 4.07. The lowest BCUT2D eigenvalue weighted by Crippen LogP contribution is -2.40. The molecule has 128 valence electrons. The Bertz CT molecular complexity index is 704. The average Bonchev–Trinajstić information content (AvgIpc) is 3.08. The van der Waals surface area contributed by atoms with Crippen LogP contribution in [0.1, 0.15) is 19.8 Å². The summed E-state index contributed by atoms with van der Waals surface area (Å²) < 4.78 is 11.0. The zero-order valence-corrected chi connectivity index (χ0v) is 14.7. The minimum atomic E-state index is 0.128. The highest BCUT2D eigenvalue weighted by atomic mass is 32.2. The summed E-state index contributed by atoms with van der Waals surface area (Å²) in [5, 5.41) is 8.47. The van der Waals surface area contributed by atoms with Crippen molar-refractivity contribution in [2.75, 3.05) is 26.0 Å². The largest absolute Gasteiger partial charge is 0.496 e. The third kappa shape index (κ3) is 3.90. The summed E-state index contributed by atoms with van der Waals surface area (Å²) >= 11 is 1.28. The number of carbonyl (C=O) groups excluding carboxylic acids is 1. The lowest BCUT2D eigenvalue weighted by molar-refractivity contribution is -0.130. The van der Waals surface area contributed by atoms with Crippen LogP contribution in [0, 0.1) is 5.92 Å². The Hall–Kier alpha value is -2.02. The fourth-order valence-electron chi connectivity index (χ4n) is 2.83. The van der Waals surface area contributed by atoms with Gasteiger partial charge in [-0.25, -0.2) is 0 Å². The van der Waals surface area contributed by atoms with Gasteiger partial charge in [0.25, 0.3) is 11.1 Å². The van der Waals surface area contributed by atoms with Crippen molar-refractivity contribution in [2.24, 2.45) is 5.92 Å². The minimum absolute atomic E-state index is 0.128. The zero-order chi connectivity index (χ0) is 16.9. The van der Waals surface area contributed by atoms with Crippen molar-refractivity contribution in [3.8, 4) is 17.2 Å². The van der Waals surface area contributed by atoms with Gasteiger partial charge in [-0.3, -0.25) is 4.79 Å². The summed E-state index contributed by atoms with van der Waals surface area (Å²) in [6.45, 7) is 3.87. The molecule has 0 N–H and O–H groups in total. The number of amides is 1. The Balaban J connectivity index is 1.61. The number of carbonyl (C=O) groups is 1. The van der Waals surface area contributed by atoms with Crippen LogP contribution in [0.3, 0.4) is 0 Å². The minimum Gasteiger partial charge on any atom is -0.496 e. The fraction of sp³-hybridized carbons (Fsp3) is 0.471. The Morgan fingerprint density at radius 2 is 2.25 bits per heavy atom. The summed E-state index contributed by atoms with van der Waals surface area (Å²) in [5.74, 6) is 2.10. The van der Waals surface area contributed by atoms with E-state index >= 15 is 0 Å². The van der Waals surface area contributed by atoms with E-state index in [-0.39, 0.29) is 5.91 Å². The molecule has 1 atom stereocenters. The van der Waals surface area contributed by atoms with Crippen LogP contribution in [0.25, 0.3) is 11.5 Å². The van der Waals surface area contributed by atoms with Gasteiger partial charge in [-0.05, 0) is 30.9 Å². The Labute approximate surface area is 145 Å². The molecule has 3 rings (SSSR count). The van der Waals surface area contributed by atoms with Gasteiger partial charge in [0.1, 0.15) is 5.75 Å². The molecule has 0 saturated carbocycles. The maximum atomic E-state index is 12.3. The Morgan fingerprint density at radius 3 is 3.04 bits per heavy atom. The molecule has 2 heterocycles. The first kappa shape index (κ1) is 16.8. The van der Waals surface area contributed by atoms with E-state index in [4.69, 9.17) is 9.15 Å². The maximum Gasteiger partial charge on any atom is 0.277 e. The van der Waals surface area contributed by atoms with E-state index in [0.717, 1.165) is 25.1 Å². The molecular weight excluding hydrogens is 326 g/mol. The van der Waals surface area contributed by atoms with Gasteiger partial charge in [0.05, 0.1) is 18.4 Å². The molecule has 1 aliphatic heterocycles. The van der Waals surface area contributed by atoms with E-state index in [1.165, 1.54) is 18.2 Å². The number of piperidine rings is 1. The van der Waals surface area contributed by atoms with Crippen LogP contribution in [-0.2, 0) is 4.79 Å². The molecule has 0 spiro atoms. The molecule has 6 nitrogen and oxygen atoms in total. The van der Waals surface area contributed by atoms with Crippen molar-refractivity contribution in [1.29, 1.82) is 0 Å². The first-order valence-electron chi connectivity index (χ1n) is 8.05. The number of benzene rings is 1. The van der Waals surface area contributed by atoms with Crippen LogP contribution in [0.5, 0.6) is 5.75 Å². The number of rotatable bonds is 5. The molecule has 1 amide bonds. The van der Waals surface area contributed by atoms with E-state index in [0.29, 0.717) is 28.5 Å². The molecule has 7 heteroatoms. The van der Waals surface area contributed by atoms with Crippen molar-refractivity contribution in [3.63, 3.8) is 0 Å². The highest BCUT2D eigenvalue weighted by Crippen LogP contribution is 2.30. The van der Waals surface area contributed by atoms with E-state index in [2.05, 4.69) is 17.1 Å². The first-order valence-corrected chi connectivity index (χ1v) is 9.03. The molecule has 1 unspecified atom stereocenters. The smallest absolute Gasteiger partial charge is 0.277 e. The summed E-state index contributed by atoms with van der Waals surface area (Å²) in [6.07, 6.45) is 2.28. The number of nitrogens with zero attached hydrogens (tertiary/aromatic N) is 3. The Morgan fingerprint density at radius 1 is 1.42 bits per heavy atom. The number of aromatic nitrogens is 2. The highest BCUT2D eigenvalue weighted by Gasteiger charge is 2.22. The molecule has 1 saturated heterocycles. The van der Waals surface area contributed by atoms with Crippen molar-refractivity contribution in [3.05, 3.63) is 24.3 Å². The number of ether oxygens (including phenoxy) is 1. The van der Waals surface area contributed by atoms with Crippen molar-refractivity contribution in [1.82, 2.24) is 15.1 Å². The molecule has 24 heavy (non-hydrogen) atoms. The van der Waals surface area contributed by atoms with Crippen molar-refractivity contribution in [2.45, 2.75) is 25.0 Å². The van der Waals surface area contributed by atoms with Gasteiger partial charge < -0.3 is 14.1 Å². The fourth-order valence-corrected chi connectivity index (χ4v) is 3.49.